The summed E-state index contributed by atoms with van der Waals surface area (Å²) in [7, 11) is -4.62. The Morgan fingerprint density at radius 1 is 1.18 bits per heavy atom. The van der Waals surface area contributed by atoms with Crippen molar-refractivity contribution in [3.05, 3.63) is 35.4 Å². The Bertz CT molecular complexity index is 578. The molecule has 0 radical (unpaired) electrons. The molecule has 1 aromatic rings. The van der Waals surface area contributed by atoms with Gasteiger partial charge in [0.1, 0.15) is 10.1 Å². The van der Waals surface area contributed by atoms with E-state index in [1.165, 1.54) is 24.3 Å². The number of rotatable bonds is 1. The zero-order valence-corrected chi connectivity index (χ0v) is 11.9. The zero-order valence-electron chi connectivity index (χ0n) is 9.04. The molecule has 0 bridgehead atoms. The van der Waals surface area contributed by atoms with Crippen LogP contribution in [0.3, 0.4) is 0 Å². The first-order valence-corrected chi connectivity index (χ1v) is 5.99. The number of Topliss-reactive ketones (excluding diaryl/α,β-unsaturated/α-hetero) is 2. The van der Waals surface area contributed by atoms with E-state index in [0.29, 0.717) is 0 Å². The van der Waals surface area contributed by atoms with E-state index in [0.717, 1.165) is 0 Å². The van der Waals surface area contributed by atoms with Crippen molar-refractivity contribution in [2.24, 2.45) is 0 Å². The number of fused-ring (bicyclic) bond motifs is 1. The van der Waals surface area contributed by atoms with Crippen LogP contribution in [0.4, 0.5) is 0 Å². The Balaban J connectivity index is 0.00000144. The topological polar surface area (TPSA) is 91.3 Å². The van der Waals surface area contributed by atoms with Crippen LogP contribution < -0.4 is 29.6 Å². The number of ketones is 2. The van der Waals surface area contributed by atoms with E-state index in [1.54, 1.807) is 0 Å². The first-order chi connectivity index (χ1) is 7.41. The van der Waals surface area contributed by atoms with E-state index < -0.39 is 33.4 Å². The number of hydrogen-bond acceptors (Lipinski definition) is 5. The zero-order chi connectivity index (χ0) is 11.9. The average molecular weight is 262 g/mol. The maximum absolute atomic E-state index is 11.4. The van der Waals surface area contributed by atoms with Gasteiger partial charge in [0, 0.05) is 12.0 Å². The van der Waals surface area contributed by atoms with Crippen molar-refractivity contribution in [2.75, 3.05) is 0 Å². The van der Waals surface area contributed by atoms with Crippen molar-refractivity contribution in [1.29, 1.82) is 0 Å². The summed E-state index contributed by atoms with van der Waals surface area (Å²) >= 11 is 0. The first-order valence-electron chi connectivity index (χ1n) is 4.52. The molecule has 1 atom stereocenters. The van der Waals surface area contributed by atoms with E-state index in [-0.39, 0.29) is 40.7 Å². The molecule has 0 fully saturated rings. The minimum atomic E-state index is -4.62. The van der Waals surface area contributed by atoms with Gasteiger partial charge >= 0.3 is 29.6 Å². The number of benzene rings is 1. The summed E-state index contributed by atoms with van der Waals surface area (Å²) in [6, 6.07) is 5.79. The van der Waals surface area contributed by atoms with Crippen molar-refractivity contribution in [2.45, 2.75) is 11.7 Å². The van der Waals surface area contributed by atoms with E-state index in [4.69, 9.17) is 0 Å². The van der Waals surface area contributed by atoms with Crippen LogP contribution in [0.5, 0.6) is 0 Å². The maximum atomic E-state index is 11.4. The van der Waals surface area contributed by atoms with Gasteiger partial charge in [0.05, 0.1) is 5.25 Å². The summed E-state index contributed by atoms with van der Waals surface area (Å²) in [6.07, 6.45) is -0.554. The molecule has 0 heterocycles. The third-order valence-electron chi connectivity index (χ3n) is 2.52. The van der Waals surface area contributed by atoms with E-state index >= 15 is 0 Å². The predicted octanol–water partition coefficient (Wildman–Crippen LogP) is -2.57. The Hall–Kier alpha value is -0.530. The Kier molecular flexibility index (Phi) is 4.27. The van der Waals surface area contributed by atoms with Crippen molar-refractivity contribution in [3.63, 3.8) is 0 Å². The van der Waals surface area contributed by atoms with Crippen LogP contribution >= 0.6 is 0 Å². The van der Waals surface area contributed by atoms with Gasteiger partial charge in [-0.3, -0.25) is 9.59 Å². The van der Waals surface area contributed by atoms with Crippen LogP contribution in [0.15, 0.2) is 24.3 Å². The summed E-state index contributed by atoms with van der Waals surface area (Å²) in [4.78, 5) is 22.7. The molecule has 1 unspecified atom stereocenters. The summed E-state index contributed by atoms with van der Waals surface area (Å²) in [5.41, 5.74) is 0.144. The van der Waals surface area contributed by atoms with Crippen LogP contribution in [-0.2, 0) is 14.9 Å². The van der Waals surface area contributed by atoms with Crippen molar-refractivity contribution in [3.8, 4) is 0 Å². The van der Waals surface area contributed by atoms with E-state index in [2.05, 4.69) is 0 Å². The smallest absolute Gasteiger partial charge is 0.747 e. The SMILES string of the molecule is O=C1CC(S(=O)(=O)[O-])c2ccccc2C1=O.[Na+]. The predicted molar refractivity (Wildman–Crippen MR) is 52.8 cm³/mol. The monoisotopic (exact) mass is 262 g/mol. The Morgan fingerprint density at radius 2 is 1.76 bits per heavy atom. The molecule has 0 aliphatic heterocycles. The molecule has 0 saturated carbocycles. The molecule has 0 amide bonds. The fourth-order valence-electron chi connectivity index (χ4n) is 1.76. The quantitative estimate of drug-likeness (QED) is 0.315. The summed E-state index contributed by atoms with van der Waals surface area (Å²) in [5, 5.41) is -1.44. The van der Waals surface area contributed by atoms with Crippen molar-refractivity contribution in [1.82, 2.24) is 0 Å². The largest absolute Gasteiger partial charge is 1.00 e. The molecule has 0 aromatic heterocycles. The fourth-order valence-corrected chi connectivity index (χ4v) is 2.64. The van der Waals surface area contributed by atoms with Crippen LogP contribution in [0.2, 0.25) is 0 Å². The van der Waals surface area contributed by atoms with Gasteiger partial charge in [0.15, 0.2) is 0 Å². The number of hydrogen-bond donors (Lipinski definition) is 0. The van der Waals surface area contributed by atoms with Gasteiger partial charge in [0.25, 0.3) is 0 Å². The molecule has 0 saturated heterocycles. The molecular weight excluding hydrogens is 255 g/mol. The van der Waals surface area contributed by atoms with E-state index in [1.807, 2.05) is 0 Å². The van der Waals surface area contributed by atoms with Crippen molar-refractivity contribution >= 4 is 21.7 Å². The third-order valence-corrected chi connectivity index (χ3v) is 3.64. The van der Waals surface area contributed by atoms with E-state index in [9.17, 15) is 22.6 Å². The number of carbonyl (C=O) groups is 2. The molecule has 1 aliphatic carbocycles. The first kappa shape index (κ1) is 14.5. The molecule has 2 rings (SSSR count). The molecule has 1 aliphatic rings. The molecule has 17 heavy (non-hydrogen) atoms. The molecule has 1 aromatic carbocycles. The number of carbonyl (C=O) groups excluding carboxylic acids is 2. The minimum Gasteiger partial charge on any atom is -0.747 e. The minimum absolute atomic E-state index is 0. The van der Waals surface area contributed by atoms with Gasteiger partial charge in [-0.2, -0.15) is 0 Å². The Morgan fingerprint density at radius 3 is 2.35 bits per heavy atom. The fraction of sp³-hybridized carbons (Fsp3) is 0.200. The van der Waals surface area contributed by atoms with Gasteiger partial charge in [-0.25, -0.2) is 8.42 Å². The molecule has 7 heteroatoms. The van der Waals surface area contributed by atoms with Gasteiger partial charge in [0.2, 0.25) is 11.6 Å². The summed E-state index contributed by atoms with van der Waals surface area (Å²) in [6.45, 7) is 0. The average Bonchev–Trinajstić information content (AvgIpc) is 2.22. The second-order valence-corrected chi connectivity index (χ2v) is 5.08. The normalized spacial score (nSPS) is 19.5. The standard InChI is InChI=1S/C10H8O5S.Na/c11-8-5-9(16(13,14)15)6-3-1-2-4-7(6)10(8)12;/h1-4,9H,5H2,(H,13,14,15);/q;+1/p-1. The molecule has 5 nitrogen and oxygen atoms in total. The van der Waals surface area contributed by atoms with Gasteiger partial charge in [-0.15, -0.1) is 0 Å². The van der Waals surface area contributed by atoms with Gasteiger partial charge < -0.3 is 4.55 Å². The summed E-state index contributed by atoms with van der Waals surface area (Å²) < 4.78 is 32.9. The molecule has 84 valence electrons. The second-order valence-electron chi connectivity index (χ2n) is 3.53. The van der Waals surface area contributed by atoms with Gasteiger partial charge in [-0.05, 0) is 5.56 Å². The van der Waals surface area contributed by atoms with Crippen LogP contribution in [0, 0.1) is 0 Å². The second kappa shape index (κ2) is 4.99. The summed E-state index contributed by atoms with van der Waals surface area (Å²) in [5.74, 6) is -1.56. The molecular formula is C10H7NaO5S. The maximum Gasteiger partial charge on any atom is 1.00 e. The van der Waals surface area contributed by atoms with Gasteiger partial charge in [-0.1, -0.05) is 24.3 Å². The van der Waals surface area contributed by atoms with Crippen LogP contribution in [-0.4, -0.2) is 24.5 Å². The van der Waals surface area contributed by atoms with Crippen molar-refractivity contribution < 1.29 is 52.1 Å². The van der Waals surface area contributed by atoms with Crippen LogP contribution in [0.25, 0.3) is 0 Å². The third kappa shape index (κ3) is 2.66. The molecule has 0 N–H and O–H groups in total. The van der Waals surface area contributed by atoms with Crippen LogP contribution in [0.1, 0.15) is 27.6 Å². The molecule has 0 spiro atoms. The Labute approximate surface area is 120 Å².